The predicted molar refractivity (Wildman–Crippen MR) is 68.0 cm³/mol. The molecule has 1 aromatic rings. The van der Waals surface area contributed by atoms with E-state index in [1.165, 1.54) is 12.1 Å². The molecule has 0 aromatic heterocycles. The van der Waals surface area contributed by atoms with Crippen LogP contribution in [-0.4, -0.2) is 17.8 Å². The van der Waals surface area contributed by atoms with E-state index in [9.17, 15) is 9.18 Å². The van der Waals surface area contributed by atoms with Crippen molar-refractivity contribution in [2.75, 3.05) is 5.88 Å². The third-order valence-electron chi connectivity index (χ3n) is 2.57. The second kappa shape index (κ2) is 6.60. The number of alkyl halides is 1. The Balaban J connectivity index is 2.60. The highest BCUT2D eigenvalue weighted by atomic mass is 35.5. The quantitative estimate of drug-likeness (QED) is 0.806. The van der Waals surface area contributed by atoms with E-state index in [0.29, 0.717) is 17.0 Å². The third kappa shape index (κ3) is 4.35. The van der Waals surface area contributed by atoms with Crippen molar-refractivity contribution in [3.05, 3.63) is 35.1 Å². The number of aryl methyl sites for hydroxylation is 1. The van der Waals surface area contributed by atoms with Gasteiger partial charge in [-0.25, -0.2) is 4.39 Å². The summed E-state index contributed by atoms with van der Waals surface area (Å²) in [4.78, 5) is 11.8. The van der Waals surface area contributed by atoms with Gasteiger partial charge in [0.05, 0.1) is 0 Å². The van der Waals surface area contributed by atoms with Crippen molar-refractivity contribution < 1.29 is 9.18 Å². The first-order valence-corrected chi connectivity index (χ1v) is 6.21. The molecular formula is C13H17ClFNO. The number of hydrogen-bond acceptors (Lipinski definition) is 1. The Labute approximate surface area is 106 Å². The molecule has 4 heteroatoms. The molecule has 1 unspecified atom stereocenters. The lowest BCUT2D eigenvalue weighted by Crippen LogP contribution is -2.32. The van der Waals surface area contributed by atoms with E-state index < -0.39 is 0 Å². The number of amides is 1. The van der Waals surface area contributed by atoms with Crippen LogP contribution in [-0.2, 0) is 0 Å². The van der Waals surface area contributed by atoms with Crippen LogP contribution in [0.3, 0.4) is 0 Å². The van der Waals surface area contributed by atoms with Crippen LogP contribution >= 0.6 is 11.6 Å². The lowest BCUT2D eigenvalue weighted by atomic mass is 10.1. The molecule has 0 spiro atoms. The van der Waals surface area contributed by atoms with Gasteiger partial charge in [0, 0.05) is 17.5 Å². The molecule has 1 aromatic carbocycles. The molecule has 0 saturated carbocycles. The zero-order valence-electron chi connectivity index (χ0n) is 10.1. The van der Waals surface area contributed by atoms with Gasteiger partial charge < -0.3 is 5.32 Å². The SMILES string of the molecule is Cc1cc(C(=O)NC(C)CCCCl)ccc1F. The average Bonchev–Trinajstić information content (AvgIpc) is 2.30. The predicted octanol–water partition coefficient (Wildman–Crippen LogP) is 3.27. The maximum Gasteiger partial charge on any atom is 0.251 e. The molecule has 0 aliphatic heterocycles. The first-order chi connectivity index (χ1) is 8.04. The second-order valence-corrected chi connectivity index (χ2v) is 4.55. The minimum absolute atomic E-state index is 0.0756. The molecule has 0 bridgehead atoms. The molecule has 1 rings (SSSR count). The summed E-state index contributed by atoms with van der Waals surface area (Å²) < 4.78 is 13.0. The number of halogens is 2. The molecule has 17 heavy (non-hydrogen) atoms. The Morgan fingerprint density at radius 1 is 1.53 bits per heavy atom. The Hall–Kier alpha value is -1.09. The zero-order valence-corrected chi connectivity index (χ0v) is 10.9. The zero-order chi connectivity index (χ0) is 12.8. The van der Waals surface area contributed by atoms with Gasteiger partial charge >= 0.3 is 0 Å². The van der Waals surface area contributed by atoms with Crippen LogP contribution in [0.1, 0.15) is 35.7 Å². The molecule has 94 valence electrons. The van der Waals surface area contributed by atoms with Crippen molar-refractivity contribution in [1.82, 2.24) is 5.32 Å². The molecule has 2 nitrogen and oxygen atoms in total. The summed E-state index contributed by atoms with van der Waals surface area (Å²) in [6, 6.07) is 4.44. The maximum absolute atomic E-state index is 13.0. The van der Waals surface area contributed by atoms with Gasteiger partial charge in [-0.1, -0.05) is 0 Å². The van der Waals surface area contributed by atoms with Gasteiger partial charge in [0.2, 0.25) is 0 Å². The molecule has 0 aliphatic carbocycles. The highest BCUT2D eigenvalue weighted by molar-refractivity contribution is 6.17. The van der Waals surface area contributed by atoms with Gasteiger partial charge in [-0.2, -0.15) is 0 Å². The maximum atomic E-state index is 13.0. The van der Waals surface area contributed by atoms with E-state index in [-0.39, 0.29) is 17.8 Å². The third-order valence-corrected chi connectivity index (χ3v) is 2.84. The van der Waals surface area contributed by atoms with Crippen LogP contribution in [0.25, 0.3) is 0 Å². The molecular weight excluding hydrogens is 241 g/mol. The first-order valence-electron chi connectivity index (χ1n) is 5.67. The molecule has 0 radical (unpaired) electrons. The lowest BCUT2D eigenvalue weighted by Gasteiger charge is -2.13. The second-order valence-electron chi connectivity index (χ2n) is 4.17. The lowest BCUT2D eigenvalue weighted by molar-refractivity contribution is 0.0938. The van der Waals surface area contributed by atoms with Crippen molar-refractivity contribution in [2.24, 2.45) is 0 Å². The highest BCUT2D eigenvalue weighted by Gasteiger charge is 2.10. The van der Waals surface area contributed by atoms with E-state index in [1.54, 1.807) is 13.0 Å². The van der Waals surface area contributed by atoms with Gasteiger partial charge in [-0.3, -0.25) is 4.79 Å². The van der Waals surface area contributed by atoms with E-state index in [2.05, 4.69) is 5.32 Å². The normalized spacial score (nSPS) is 12.2. The van der Waals surface area contributed by atoms with Gasteiger partial charge in [0.25, 0.3) is 5.91 Å². The Kier molecular flexibility index (Phi) is 5.42. The molecule has 0 aliphatic rings. The van der Waals surface area contributed by atoms with E-state index in [1.807, 2.05) is 6.92 Å². The van der Waals surface area contributed by atoms with Crippen LogP contribution in [0, 0.1) is 12.7 Å². The van der Waals surface area contributed by atoms with Gasteiger partial charge in [-0.05, 0) is 50.5 Å². The number of rotatable bonds is 5. The summed E-state index contributed by atoms with van der Waals surface area (Å²) in [5, 5.41) is 2.86. The summed E-state index contributed by atoms with van der Waals surface area (Å²) in [5.74, 6) is 0.127. The Bertz CT molecular complexity index is 395. The molecule has 1 amide bonds. The van der Waals surface area contributed by atoms with Gasteiger partial charge in [0.15, 0.2) is 0 Å². The van der Waals surface area contributed by atoms with E-state index >= 15 is 0 Å². The minimum atomic E-state index is -0.295. The fraction of sp³-hybridized carbons (Fsp3) is 0.462. The fourth-order valence-corrected chi connectivity index (χ4v) is 1.70. The topological polar surface area (TPSA) is 29.1 Å². The Morgan fingerprint density at radius 3 is 2.82 bits per heavy atom. The number of hydrogen-bond donors (Lipinski definition) is 1. The smallest absolute Gasteiger partial charge is 0.251 e. The molecule has 0 saturated heterocycles. The largest absolute Gasteiger partial charge is 0.350 e. The number of nitrogens with one attached hydrogen (secondary N) is 1. The summed E-state index contributed by atoms with van der Waals surface area (Å²) in [5.41, 5.74) is 0.965. The molecule has 1 atom stereocenters. The van der Waals surface area contributed by atoms with Crippen LogP contribution in [0.15, 0.2) is 18.2 Å². The average molecular weight is 258 g/mol. The summed E-state index contributed by atoms with van der Waals surface area (Å²) in [7, 11) is 0. The summed E-state index contributed by atoms with van der Waals surface area (Å²) in [6.07, 6.45) is 1.71. The van der Waals surface area contributed by atoms with Crippen molar-refractivity contribution in [1.29, 1.82) is 0 Å². The fourth-order valence-electron chi connectivity index (χ4n) is 1.55. The van der Waals surface area contributed by atoms with Crippen molar-refractivity contribution >= 4 is 17.5 Å². The summed E-state index contributed by atoms with van der Waals surface area (Å²) in [6.45, 7) is 3.57. The minimum Gasteiger partial charge on any atom is -0.350 e. The molecule has 1 N–H and O–H groups in total. The van der Waals surface area contributed by atoms with Crippen molar-refractivity contribution in [2.45, 2.75) is 32.7 Å². The van der Waals surface area contributed by atoms with Crippen LogP contribution < -0.4 is 5.32 Å². The summed E-state index contributed by atoms with van der Waals surface area (Å²) >= 11 is 5.58. The highest BCUT2D eigenvalue weighted by Crippen LogP contribution is 2.09. The number of carbonyl (C=O) groups excluding carboxylic acids is 1. The van der Waals surface area contributed by atoms with Crippen LogP contribution in [0.2, 0.25) is 0 Å². The van der Waals surface area contributed by atoms with Gasteiger partial charge in [0.1, 0.15) is 5.82 Å². The van der Waals surface area contributed by atoms with Crippen LogP contribution in [0.4, 0.5) is 4.39 Å². The number of carbonyl (C=O) groups is 1. The first kappa shape index (κ1) is 14.0. The molecule has 0 fully saturated rings. The van der Waals surface area contributed by atoms with E-state index in [0.717, 1.165) is 12.8 Å². The number of benzene rings is 1. The van der Waals surface area contributed by atoms with Crippen molar-refractivity contribution in [3.63, 3.8) is 0 Å². The monoisotopic (exact) mass is 257 g/mol. The Morgan fingerprint density at radius 2 is 2.24 bits per heavy atom. The van der Waals surface area contributed by atoms with Crippen molar-refractivity contribution in [3.8, 4) is 0 Å². The molecule has 0 heterocycles. The van der Waals surface area contributed by atoms with Crippen LogP contribution in [0.5, 0.6) is 0 Å². The van der Waals surface area contributed by atoms with E-state index in [4.69, 9.17) is 11.6 Å². The standard InChI is InChI=1S/C13H17ClFNO/c1-9-8-11(5-6-12(9)15)13(17)16-10(2)4-3-7-14/h5-6,8,10H,3-4,7H2,1-2H3,(H,16,17). The van der Waals surface area contributed by atoms with Gasteiger partial charge in [-0.15, -0.1) is 11.6 Å².